The lowest BCUT2D eigenvalue weighted by molar-refractivity contribution is 0.723. The summed E-state index contributed by atoms with van der Waals surface area (Å²) in [6.07, 6.45) is 0. The van der Waals surface area contributed by atoms with E-state index in [0.717, 1.165) is 39.2 Å². The van der Waals surface area contributed by atoms with Gasteiger partial charge in [0, 0.05) is 26.5 Å². The van der Waals surface area contributed by atoms with E-state index in [9.17, 15) is 0 Å². The summed E-state index contributed by atoms with van der Waals surface area (Å²) >= 11 is 1.88. The summed E-state index contributed by atoms with van der Waals surface area (Å²) in [5, 5.41) is 0. The largest absolute Gasteiger partial charge is 0.228 e. The van der Waals surface area contributed by atoms with Gasteiger partial charge in [-0.3, -0.25) is 0 Å². The van der Waals surface area contributed by atoms with E-state index in [1.165, 1.54) is 54.3 Å². The fourth-order valence-corrected chi connectivity index (χ4v) is 10.3. The van der Waals surface area contributed by atoms with E-state index in [2.05, 4.69) is 200 Å². The van der Waals surface area contributed by atoms with Gasteiger partial charge in [-0.05, 0) is 73.8 Å². The van der Waals surface area contributed by atoms with Crippen LogP contribution >= 0.6 is 11.8 Å². The van der Waals surface area contributed by atoms with Crippen LogP contribution in [0.2, 0.25) is 0 Å². The first-order valence-corrected chi connectivity index (χ1v) is 19.9. The molecule has 0 saturated carbocycles. The van der Waals surface area contributed by atoms with Crippen LogP contribution in [0.3, 0.4) is 0 Å². The van der Waals surface area contributed by atoms with Crippen LogP contribution in [-0.2, 0) is 5.41 Å². The van der Waals surface area contributed by atoms with E-state index < -0.39 is 5.41 Å². The molecule has 9 aromatic rings. The molecule has 11 rings (SSSR count). The molecule has 1 aliphatic heterocycles. The zero-order chi connectivity index (χ0) is 37.1. The highest BCUT2D eigenvalue weighted by molar-refractivity contribution is 7.99. The van der Waals surface area contributed by atoms with Gasteiger partial charge in [0.05, 0.1) is 16.8 Å². The maximum absolute atomic E-state index is 5.33. The van der Waals surface area contributed by atoms with E-state index in [1.807, 2.05) is 17.8 Å². The van der Waals surface area contributed by atoms with Crippen molar-refractivity contribution in [3.8, 4) is 67.3 Å². The van der Waals surface area contributed by atoms with Gasteiger partial charge in [-0.2, -0.15) is 0 Å². The molecule has 8 aromatic carbocycles. The second-order valence-electron chi connectivity index (χ2n) is 14.4. The molecule has 2 aliphatic rings. The molecule has 2 heterocycles. The van der Waals surface area contributed by atoms with E-state index in [1.54, 1.807) is 0 Å². The number of nitrogens with zero attached hydrogens (tertiary/aromatic N) is 2. The zero-order valence-corrected chi connectivity index (χ0v) is 31.2. The molecule has 1 spiro atoms. The molecule has 3 heteroatoms. The van der Waals surface area contributed by atoms with Gasteiger partial charge in [-0.1, -0.05) is 200 Å². The fraction of sp³-hybridized carbons (Fsp3) is 0.0189. The lowest BCUT2D eigenvalue weighted by Gasteiger charge is -2.40. The molecule has 0 radical (unpaired) electrons. The molecule has 2 nitrogen and oxygen atoms in total. The predicted octanol–water partition coefficient (Wildman–Crippen LogP) is 13.6. The Hall–Kier alpha value is -6.81. The highest BCUT2D eigenvalue weighted by Gasteiger charge is 2.50. The molecule has 0 unspecified atom stereocenters. The summed E-state index contributed by atoms with van der Waals surface area (Å²) in [6, 6.07) is 74.3. The molecule has 0 atom stereocenters. The first-order chi connectivity index (χ1) is 27.8. The van der Waals surface area contributed by atoms with E-state index in [4.69, 9.17) is 9.97 Å². The van der Waals surface area contributed by atoms with Crippen molar-refractivity contribution in [2.75, 3.05) is 0 Å². The predicted molar refractivity (Wildman–Crippen MR) is 231 cm³/mol. The van der Waals surface area contributed by atoms with Crippen molar-refractivity contribution in [1.29, 1.82) is 0 Å². The Labute approximate surface area is 331 Å². The van der Waals surface area contributed by atoms with Crippen molar-refractivity contribution in [1.82, 2.24) is 9.97 Å². The van der Waals surface area contributed by atoms with Crippen molar-refractivity contribution in [3.05, 3.63) is 229 Å². The summed E-state index contributed by atoms with van der Waals surface area (Å²) < 4.78 is 0. The van der Waals surface area contributed by atoms with Gasteiger partial charge >= 0.3 is 0 Å². The maximum atomic E-state index is 5.33. The molecule has 0 N–H and O–H groups in total. The average Bonchev–Trinajstić information content (AvgIpc) is 3.57. The first kappa shape index (κ1) is 32.6. The Morgan fingerprint density at radius 1 is 0.321 bits per heavy atom. The Bertz CT molecular complexity index is 2910. The molecule has 0 amide bonds. The smallest absolute Gasteiger partial charge is 0.160 e. The van der Waals surface area contributed by atoms with Crippen molar-refractivity contribution >= 4 is 11.8 Å². The van der Waals surface area contributed by atoms with Crippen molar-refractivity contribution in [2.45, 2.75) is 15.2 Å². The monoisotopic (exact) mass is 730 g/mol. The summed E-state index contributed by atoms with van der Waals surface area (Å²) in [6.45, 7) is 0. The van der Waals surface area contributed by atoms with Crippen LogP contribution in [-0.4, -0.2) is 9.97 Å². The minimum atomic E-state index is -0.443. The van der Waals surface area contributed by atoms with Gasteiger partial charge in [-0.25, -0.2) is 9.97 Å². The summed E-state index contributed by atoms with van der Waals surface area (Å²) in [5.74, 6) is 0.703. The average molecular weight is 731 g/mol. The number of rotatable bonds is 5. The highest BCUT2D eigenvalue weighted by atomic mass is 32.2. The third kappa shape index (κ3) is 5.05. The number of benzene rings is 8. The normalized spacial score (nSPS) is 13.1. The van der Waals surface area contributed by atoms with Crippen molar-refractivity contribution in [2.24, 2.45) is 0 Å². The zero-order valence-electron chi connectivity index (χ0n) is 30.4. The van der Waals surface area contributed by atoms with Crippen LogP contribution in [0, 0.1) is 0 Å². The quantitative estimate of drug-likeness (QED) is 0.176. The third-order valence-corrected chi connectivity index (χ3v) is 12.6. The Morgan fingerprint density at radius 2 is 0.821 bits per heavy atom. The van der Waals surface area contributed by atoms with Crippen LogP contribution in [0.25, 0.3) is 67.3 Å². The summed E-state index contributed by atoms with van der Waals surface area (Å²) in [4.78, 5) is 13.1. The molecular formula is C53H34N2S. The minimum absolute atomic E-state index is 0.443. The number of fused-ring (bicyclic) bond motifs is 9. The van der Waals surface area contributed by atoms with Crippen LogP contribution < -0.4 is 0 Å². The molecule has 0 saturated heterocycles. The lowest BCUT2D eigenvalue weighted by atomic mass is 9.67. The second kappa shape index (κ2) is 13.2. The van der Waals surface area contributed by atoms with Gasteiger partial charge in [0.2, 0.25) is 0 Å². The highest BCUT2D eigenvalue weighted by Crippen LogP contribution is 2.63. The summed E-state index contributed by atoms with van der Waals surface area (Å²) in [5.41, 5.74) is 17.1. The van der Waals surface area contributed by atoms with Gasteiger partial charge in [0.25, 0.3) is 0 Å². The maximum Gasteiger partial charge on any atom is 0.160 e. The molecule has 262 valence electrons. The number of hydrogen-bond donors (Lipinski definition) is 0. The topological polar surface area (TPSA) is 25.8 Å². The lowest BCUT2D eigenvalue weighted by Crippen LogP contribution is -2.32. The van der Waals surface area contributed by atoms with Crippen LogP contribution in [0.15, 0.2) is 216 Å². The second-order valence-corrected chi connectivity index (χ2v) is 15.5. The van der Waals surface area contributed by atoms with E-state index in [-0.39, 0.29) is 0 Å². The third-order valence-electron chi connectivity index (χ3n) is 11.4. The summed E-state index contributed by atoms with van der Waals surface area (Å²) in [7, 11) is 0. The van der Waals surface area contributed by atoms with Crippen LogP contribution in [0.1, 0.15) is 22.3 Å². The Balaban J connectivity index is 1.14. The molecule has 1 aliphatic carbocycles. The standard InChI is InChI=1S/C53H34N2S/c1-3-17-35(18-4-1)37-21-15-22-38(33-37)48-34-49(55-52(54-48)36-19-5-2-6-20-36)42-26-8-7-23-39(42)43-27-16-31-47-51(43)56-50-32-14-13-30-46(50)53(47)44-28-11-9-24-40(44)41-25-10-12-29-45(41)53/h1-34H. The molecule has 0 bridgehead atoms. The first-order valence-electron chi connectivity index (χ1n) is 19.1. The van der Waals surface area contributed by atoms with Crippen molar-refractivity contribution < 1.29 is 0 Å². The van der Waals surface area contributed by atoms with Gasteiger partial charge in [0.1, 0.15) is 0 Å². The Kier molecular flexibility index (Phi) is 7.68. The molecule has 0 fully saturated rings. The number of aromatic nitrogens is 2. The van der Waals surface area contributed by atoms with Crippen LogP contribution in [0.4, 0.5) is 0 Å². The van der Waals surface area contributed by atoms with E-state index in [0.29, 0.717) is 5.82 Å². The Morgan fingerprint density at radius 3 is 1.55 bits per heavy atom. The SMILES string of the molecule is c1ccc(-c2cccc(-c3cc(-c4ccccc4-c4cccc5c4Sc4ccccc4C54c5ccccc5-c5ccccc54)nc(-c4ccccc4)n3)c2)cc1. The molecule has 56 heavy (non-hydrogen) atoms. The molecular weight excluding hydrogens is 697 g/mol. The van der Waals surface area contributed by atoms with Crippen LogP contribution in [0.5, 0.6) is 0 Å². The van der Waals surface area contributed by atoms with Gasteiger partial charge in [0.15, 0.2) is 5.82 Å². The minimum Gasteiger partial charge on any atom is -0.228 e. The fourth-order valence-electron chi connectivity index (χ4n) is 8.97. The van der Waals surface area contributed by atoms with E-state index >= 15 is 0 Å². The van der Waals surface area contributed by atoms with Gasteiger partial charge in [-0.15, -0.1) is 0 Å². The molecule has 1 aromatic heterocycles. The van der Waals surface area contributed by atoms with Gasteiger partial charge < -0.3 is 0 Å². The van der Waals surface area contributed by atoms with Crippen molar-refractivity contribution in [3.63, 3.8) is 0 Å². The number of hydrogen-bond acceptors (Lipinski definition) is 3.